The Hall–Kier alpha value is -0.750. The minimum absolute atomic E-state index is 0.183. The molecule has 0 saturated carbocycles. The number of rotatable bonds is 2. The summed E-state index contributed by atoms with van der Waals surface area (Å²) < 4.78 is 0.745. The number of anilines is 1. The van der Waals surface area contributed by atoms with Crippen molar-refractivity contribution in [2.75, 3.05) is 23.0 Å². The van der Waals surface area contributed by atoms with Gasteiger partial charge in [0, 0.05) is 28.9 Å². The zero-order valence-electron chi connectivity index (χ0n) is 10.1. The van der Waals surface area contributed by atoms with Crippen LogP contribution in [-0.2, 0) is 0 Å². The third-order valence-electron chi connectivity index (χ3n) is 3.13. The maximum absolute atomic E-state index is 11.2. The highest BCUT2D eigenvalue weighted by molar-refractivity contribution is 9.10. The van der Waals surface area contributed by atoms with E-state index in [-0.39, 0.29) is 10.6 Å². The fraction of sp³-hybridized carbons (Fsp3) is 0.500. The number of thioether (sulfide) groups is 1. The summed E-state index contributed by atoms with van der Waals surface area (Å²) in [6, 6.07) is 5.64. The summed E-state index contributed by atoms with van der Waals surface area (Å²) >= 11 is 5.21. The van der Waals surface area contributed by atoms with Gasteiger partial charge in [0.2, 0.25) is 0 Å². The topological polar surface area (TPSA) is 46.4 Å². The van der Waals surface area contributed by atoms with Crippen molar-refractivity contribution in [3.63, 3.8) is 0 Å². The zero-order chi connectivity index (χ0) is 13.1. The van der Waals surface area contributed by atoms with Gasteiger partial charge in [-0.3, -0.25) is 10.1 Å². The first-order valence-corrected chi connectivity index (χ1v) is 7.82. The summed E-state index contributed by atoms with van der Waals surface area (Å²) in [6.45, 7) is 3.01. The van der Waals surface area contributed by atoms with Gasteiger partial charge in [0.25, 0.3) is 5.69 Å². The van der Waals surface area contributed by atoms with Gasteiger partial charge in [-0.05, 0) is 31.2 Å². The molecule has 0 spiro atoms. The normalized spacial score (nSPS) is 20.6. The molecule has 2 rings (SSSR count). The van der Waals surface area contributed by atoms with E-state index in [0.717, 1.165) is 34.6 Å². The van der Waals surface area contributed by atoms with E-state index in [0.29, 0.717) is 6.04 Å². The zero-order valence-corrected chi connectivity index (χ0v) is 12.5. The molecular formula is C12H15BrN2O2S. The summed E-state index contributed by atoms with van der Waals surface area (Å²) in [5.74, 6) is 2.15. The lowest BCUT2D eigenvalue weighted by Crippen LogP contribution is -2.34. The van der Waals surface area contributed by atoms with Crippen molar-refractivity contribution in [1.82, 2.24) is 0 Å². The van der Waals surface area contributed by atoms with E-state index in [1.807, 2.05) is 23.9 Å². The van der Waals surface area contributed by atoms with E-state index in [9.17, 15) is 10.1 Å². The molecule has 4 nitrogen and oxygen atoms in total. The van der Waals surface area contributed by atoms with Crippen LogP contribution in [0.5, 0.6) is 0 Å². The second-order valence-electron chi connectivity index (χ2n) is 4.33. The van der Waals surface area contributed by atoms with Crippen molar-refractivity contribution in [2.24, 2.45) is 0 Å². The van der Waals surface area contributed by atoms with Gasteiger partial charge in [0.1, 0.15) is 5.69 Å². The molecule has 1 aromatic rings. The van der Waals surface area contributed by atoms with Gasteiger partial charge >= 0.3 is 0 Å². The van der Waals surface area contributed by atoms with Crippen molar-refractivity contribution in [2.45, 2.75) is 19.4 Å². The van der Waals surface area contributed by atoms with Crippen LogP contribution >= 0.6 is 27.7 Å². The highest BCUT2D eigenvalue weighted by Gasteiger charge is 2.24. The van der Waals surface area contributed by atoms with E-state index in [4.69, 9.17) is 0 Å². The van der Waals surface area contributed by atoms with Crippen LogP contribution in [0.3, 0.4) is 0 Å². The lowest BCUT2D eigenvalue weighted by molar-refractivity contribution is -0.384. The predicted octanol–water partition coefficient (Wildman–Crippen LogP) is 3.69. The Bertz CT molecular complexity index is 456. The number of nitro groups is 1. The molecule has 1 atom stereocenters. The molecule has 1 aliphatic heterocycles. The maximum atomic E-state index is 11.2. The molecule has 6 heteroatoms. The Balaban J connectivity index is 2.39. The molecule has 18 heavy (non-hydrogen) atoms. The Morgan fingerprint density at radius 2 is 2.28 bits per heavy atom. The maximum Gasteiger partial charge on any atom is 0.293 e. The molecule has 1 aliphatic rings. The number of hydrogen-bond acceptors (Lipinski definition) is 4. The van der Waals surface area contributed by atoms with Gasteiger partial charge in [-0.15, -0.1) is 0 Å². The fourth-order valence-electron chi connectivity index (χ4n) is 2.14. The summed E-state index contributed by atoms with van der Waals surface area (Å²) in [4.78, 5) is 13.0. The molecule has 0 radical (unpaired) electrons. The molecule has 1 unspecified atom stereocenters. The fourth-order valence-corrected chi connectivity index (χ4v) is 3.53. The van der Waals surface area contributed by atoms with E-state index < -0.39 is 0 Å². The molecule has 0 aromatic heterocycles. The van der Waals surface area contributed by atoms with E-state index in [1.54, 1.807) is 6.07 Å². The first-order valence-electron chi connectivity index (χ1n) is 5.88. The smallest absolute Gasteiger partial charge is 0.293 e. The van der Waals surface area contributed by atoms with Crippen LogP contribution in [-0.4, -0.2) is 29.0 Å². The van der Waals surface area contributed by atoms with Crippen molar-refractivity contribution < 1.29 is 4.92 Å². The van der Waals surface area contributed by atoms with Crippen LogP contribution < -0.4 is 4.90 Å². The van der Waals surface area contributed by atoms with Crippen molar-refractivity contribution in [3.05, 3.63) is 32.8 Å². The molecule has 0 amide bonds. The number of hydrogen-bond donors (Lipinski definition) is 0. The molecule has 0 N–H and O–H groups in total. The van der Waals surface area contributed by atoms with Gasteiger partial charge in [-0.2, -0.15) is 11.8 Å². The predicted molar refractivity (Wildman–Crippen MR) is 79.5 cm³/mol. The van der Waals surface area contributed by atoms with E-state index in [1.165, 1.54) is 0 Å². The summed E-state index contributed by atoms with van der Waals surface area (Å²) in [5.41, 5.74) is 0.918. The Morgan fingerprint density at radius 1 is 1.50 bits per heavy atom. The second kappa shape index (κ2) is 5.93. The number of nitrogens with zero attached hydrogens (tertiary/aromatic N) is 2. The SMILES string of the molecule is CC1CCSCCN1c1ccc(Br)cc1[N+](=O)[O-]. The average Bonchev–Trinajstić information content (AvgIpc) is 2.54. The molecule has 1 aromatic carbocycles. The minimum atomic E-state index is -0.301. The molecule has 1 heterocycles. The number of halogens is 1. The van der Waals surface area contributed by atoms with Crippen molar-refractivity contribution in [1.29, 1.82) is 0 Å². The highest BCUT2D eigenvalue weighted by atomic mass is 79.9. The van der Waals surface area contributed by atoms with Crippen molar-refractivity contribution in [3.8, 4) is 0 Å². The summed E-state index contributed by atoms with van der Waals surface area (Å²) in [7, 11) is 0. The number of nitro benzene ring substituents is 1. The molecule has 1 fully saturated rings. The van der Waals surface area contributed by atoms with Gasteiger partial charge < -0.3 is 4.90 Å². The monoisotopic (exact) mass is 330 g/mol. The van der Waals surface area contributed by atoms with Crippen molar-refractivity contribution >= 4 is 39.1 Å². The van der Waals surface area contributed by atoms with Gasteiger partial charge in [-0.1, -0.05) is 15.9 Å². The standard InChI is InChI=1S/C12H15BrN2O2S/c1-9-4-6-18-7-5-14(9)11-3-2-10(13)8-12(11)15(16)17/h2-3,8-9H,4-7H2,1H3. The molecule has 0 bridgehead atoms. The van der Waals surface area contributed by atoms with Crippen LogP contribution in [0.4, 0.5) is 11.4 Å². The molecule has 1 saturated heterocycles. The summed E-state index contributed by atoms with van der Waals surface area (Å²) in [6.07, 6.45) is 1.07. The molecule has 98 valence electrons. The quantitative estimate of drug-likeness (QED) is 0.612. The summed E-state index contributed by atoms with van der Waals surface area (Å²) in [5, 5.41) is 11.2. The Morgan fingerprint density at radius 3 is 3.00 bits per heavy atom. The Labute approximate surface area is 119 Å². The lowest BCUT2D eigenvalue weighted by atomic mass is 10.1. The minimum Gasteiger partial charge on any atom is -0.362 e. The third kappa shape index (κ3) is 2.98. The van der Waals surface area contributed by atoms with Crippen LogP contribution in [0.2, 0.25) is 0 Å². The first-order chi connectivity index (χ1) is 8.59. The average molecular weight is 331 g/mol. The Kier molecular flexibility index (Phi) is 4.50. The highest BCUT2D eigenvalue weighted by Crippen LogP contribution is 2.34. The second-order valence-corrected chi connectivity index (χ2v) is 6.47. The largest absolute Gasteiger partial charge is 0.362 e. The lowest BCUT2D eigenvalue weighted by Gasteiger charge is -2.28. The first kappa shape index (κ1) is 13.7. The molecule has 0 aliphatic carbocycles. The van der Waals surface area contributed by atoms with Crippen LogP contribution in [0.15, 0.2) is 22.7 Å². The van der Waals surface area contributed by atoms with E-state index in [2.05, 4.69) is 27.8 Å². The van der Waals surface area contributed by atoms with Gasteiger partial charge in [0.05, 0.1) is 4.92 Å². The molecular weight excluding hydrogens is 316 g/mol. The van der Waals surface area contributed by atoms with Gasteiger partial charge in [-0.25, -0.2) is 0 Å². The van der Waals surface area contributed by atoms with Crippen LogP contribution in [0.1, 0.15) is 13.3 Å². The number of benzene rings is 1. The van der Waals surface area contributed by atoms with Crippen LogP contribution in [0, 0.1) is 10.1 Å². The van der Waals surface area contributed by atoms with Crippen LogP contribution in [0.25, 0.3) is 0 Å². The van der Waals surface area contributed by atoms with E-state index >= 15 is 0 Å². The third-order valence-corrected chi connectivity index (χ3v) is 4.62. The van der Waals surface area contributed by atoms with Gasteiger partial charge in [0.15, 0.2) is 0 Å².